The van der Waals surface area contributed by atoms with Crippen LogP contribution in [-0.2, 0) is 10.1 Å². The van der Waals surface area contributed by atoms with Crippen molar-refractivity contribution in [3.63, 3.8) is 0 Å². The molecule has 86 valence electrons. The first-order valence-electron chi connectivity index (χ1n) is 4.93. The first-order chi connectivity index (χ1) is 6.49. The van der Waals surface area contributed by atoms with Gasteiger partial charge in [-0.1, -0.05) is 12.8 Å². The summed E-state index contributed by atoms with van der Waals surface area (Å²) in [7, 11) is -3.85. The summed E-state index contributed by atoms with van der Waals surface area (Å²) in [6.07, 6.45) is 4.27. The van der Waals surface area contributed by atoms with Gasteiger partial charge in [-0.3, -0.25) is 4.55 Å². The average molecular weight is 246 g/mol. The smallest absolute Gasteiger partial charge is 1.00 e. The van der Waals surface area contributed by atoms with Gasteiger partial charge in [-0.05, 0) is 12.8 Å². The predicted octanol–water partition coefficient (Wildman–Crippen LogP) is -3.15. The molecule has 0 aromatic rings. The molecule has 0 aromatic heterocycles. The van der Waals surface area contributed by atoms with Gasteiger partial charge in [-0.15, -0.1) is 0 Å². The zero-order chi connectivity index (χ0) is 10.6. The second-order valence-electron chi connectivity index (χ2n) is 3.79. The Bertz CT molecular complexity index is 276. The average Bonchev–Trinajstić information content (AvgIpc) is 2.06. The van der Waals surface area contributed by atoms with Crippen molar-refractivity contribution in [3.8, 4) is 0 Å². The Morgan fingerprint density at radius 3 is 2.53 bits per heavy atom. The third-order valence-electron chi connectivity index (χ3n) is 2.59. The fourth-order valence-electron chi connectivity index (χ4n) is 1.79. The van der Waals surface area contributed by atoms with Crippen LogP contribution in [0, 0.1) is 0 Å². The van der Waals surface area contributed by atoms with E-state index >= 15 is 0 Å². The van der Waals surface area contributed by atoms with Crippen LogP contribution in [0.25, 0.3) is 0 Å². The fourth-order valence-corrected chi connectivity index (χ4v) is 2.16. The molecule has 0 spiro atoms. The van der Waals surface area contributed by atoms with Gasteiger partial charge in [0, 0.05) is 18.6 Å². The molecular formula is C8H19N2NaO3S. The van der Waals surface area contributed by atoms with Crippen molar-refractivity contribution in [1.29, 1.82) is 0 Å². The summed E-state index contributed by atoms with van der Waals surface area (Å²) in [6, 6.07) is 0.315. The molecule has 0 aromatic carbocycles. The standard InChI is InChI=1S/C8H18N2O3S.Na.H/c9-7-3-1-2-4-8(7)10-5-6-14(11,12)13;;/h7-8,10H,1-6,9H2,(H,11,12,13);;/q;+1;-1. The van der Waals surface area contributed by atoms with Crippen LogP contribution in [-0.4, -0.2) is 37.4 Å². The van der Waals surface area contributed by atoms with Crippen LogP contribution in [0.5, 0.6) is 0 Å². The van der Waals surface area contributed by atoms with E-state index in [4.69, 9.17) is 10.3 Å². The summed E-state index contributed by atoms with van der Waals surface area (Å²) in [6.45, 7) is 0.275. The van der Waals surface area contributed by atoms with E-state index in [1.54, 1.807) is 0 Å². The second-order valence-corrected chi connectivity index (χ2v) is 5.37. The molecule has 0 aliphatic heterocycles. The monoisotopic (exact) mass is 246 g/mol. The quantitative estimate of drug-likeness (QED) is 0.360. The summed E-state index contributed by atoms with van der Waals surface area (Å²) >= 11 is 0. The number of hydrogen-bond acceptors (Lipinski definition) is 4. The van der Waals surface area contributed by atoms with Crippen LogP contribution in [0.15, 0.2) is 0 Å². The van der Waals surface area contributed by atoms with Gasteiger partial charge in [-0.2, -0.15) is 8.42 Å². The maximum Gasteiger partial charge on any atom is 1.00 e. The minimum Gasteiger partial charge on any atom is -1.00 e. The minimum atomic E-state index is -3.85. The molecule has 0 bridgehead atoms. The molecule has 1 rings (SSSR count). The van der Waals surface area contributed by atoms with Crippen molar-refractivity contribution in [1.82, 2.24) is 5.32 Å². The van der Waals surface area contributed by atoms with E-state index in [0.717, 1.165) is 25.7 Å². The fraction of sp³-hybridized carbons (Fsp3) is 1.00. The molecule has 0 amide bonds. The topological polar surface area (TPSA) is 92.4 Å². The van der Waals surface area contributed by atoms with Gasteiger partial charge in [-0.25, -0.2) is 0 Å². The van der Waals surface area contributed by atoms with E-state index in [-0.39, 0.29) is 55.4 Å². The summed E-state index contributed by atoms with van der Waals surface area (Å²) in [4.78, 5) is 0. The molecule has 2 unspecified atom stereocenters. The molecule has 0 radical (unpaired) electrons. The summed E-state index contributed by atoms with van der Waals surface area (Å²) in [5, 5.41) is 3.06. The number of nitrogens with one attached hydrogen (secondary N) is 1. The largest absolute Gasteiger partial charge is 1.00 e. The maximum atomic E-state index is 10.4. The molecule has 2 atom stereocenters. The van der Waals surface area contributed by atoms with Crippen molar-refractivity contribution < 1.29 is 44.0 Å². The minimum absolute atomic E-state index is 0. The zero-order valence-corrected chi connectivity index (χ0v) is 12.0. The van der Waals surface area contributed by atoms with Crippen molar-refractivity contribution in [2.24, 2.45) is 5.73 Å². The number of hydrogen-bond donors (Lipinski definition) is 3. The third-order valence-corrected chi connectivity index (χ3v) is 3.31. The number of nitrogens with two attached hydrogens (primary N) is 1. The molecule has 0 heterocycles. The molecule has 7 heteroatoms. The van der Waals surface area contributed by atoms with Crippen LogP contribution in [0.2, 0.25) is 0 Å². The summed E-state index contributed by atoms with van der Waals surface area (Å²) < 4.78 is 29.4. The van der Waals surface area contributed by atoms with Crippen LogP contribution < -0.4 is 40.6 Å². The molecule has 1 aliphatic rings. The second kappa shape index (κ2) is 7.21. The first kappa shape index (κ1) is 15.8. The van der Waals surface area contributed by atoms with Gasteiger partial charge in [0.05, 0.1) is 5.75 Å². The zero-order valence-electron chi connectivity index (χ0n) is 10.1. The Morgan fingerprint density at radius 1 is 1.40 bits per heavy atom. The molecular weight excluding hydrogens is 227 g/mol. The molecule has 1 fully saturated rings. The van der Waals surface area contributed by atoms with Crippen molar-refractivity contribution in [2.45, 2.75) is 37.8 Å². The van der Waals surface area contributed by atoms with Gasteiger partial charge < -0.3 is 12.5 Å². The predicted molar refractivity (Wildman–Crippen MR) is 55.8 cm³/mol. The van der Waals surface area contributed by atoms with Crippen LogP contribution >= 0.6 is 0 Å². The molecule has 5 nitrogen and oxygen atoms in total. The molecule has 15 heavy (non-hydrogen) atoms. The number of rotatable bonds is 4. The third kappa shape index (κ3) is 6.88. The molecule has 4 N–H and O–H groups in total. The Kier molecular flexibility index (Phi) is 7.61. The van der Waals surface area contributed by atoms with Crippen LogP contribution in [0.3, 0.4) is 0 Å². The SMILES string of the molecule is NC1CCCCC1NCCS(=O)(=O)O.[H-].[Na+]. The maximum absolute atomic E-state index is 10.4. The Balaban J connectivity index is 0. The normalized spacial score (nSPS) is 27.1. The Morgan fingerprint density at radius 2 is 2.00 bits per heavy atom. The van der Waals surface area contributed by atoms with Gasteiger partial charge in [0.1, 0.15) is 0 Å². The summed E-state index contributed by atoms with van der Waals surface area (Å²) in [5.74, 6) is -0.240. The van der Waals surface area contributed by atoms with E-state index in [2.05, 4.69) is 5.32 Å². The van der Waals surface area contributed by atoms with Crippen LogP contribution in [0.1, 0.15) is 27.1 Å². The van der Waals surface area contributed by atoms with Gasteiger partial charge >= 0.3 is 29.6 Å². The van der Waals surface area contributed by atoms with Crippen molar-refractivity contribution in [2.75, 3.05) is 12.3 Å². The van der Waals surface area contributed by atoms with E-state index in [9.17, 15) is 8.42 Å². The van der Waals surface area contributed by atoms with Gasteiger partial charge in [0.25, 0.3) is 10.1 Å². The van der Waals surface area contributed by atoms with E-state index < -0.39 is 10.1 Å². The van der Waals surface area contributed by atoms with E-state index in [1.165, 1.54) is 0 Å². The Hall–Kier alpha value is 0.830. The van der Waals surface area contributed by atoms with E-state index in [0.29, 0.717) is 0 Å². The van der Waals surface area contributed by atoms with Crippen LogP contribution in [0.4, 0.5) is 0 Å². The van der Waals surface area contributed by atoms with Crippen molar-refractivity contribution in [3.05, 3.63) is 0 Å². The van der Waals surface area contributed by atoms with Crippen molar-refractivity contribution >= 4 is 10.1 Å². The molecule has 1 aliphatic carbocycles. The Labute approximate surface area is 115 Å². The first-order valence-corrected chi connectivity index (χ1v) is 6.54. The summed E-state index contributed by atoms with van der Waals surface area (Å²) in [5.41, 5.74) is 5.85. The van der Waals surface area contributed by atoms with Gasteiger partial charge in [0.2, 0.25) is 0 Å². The van der Waals surface area contributed by atoms with E-state index in [1.807, 2.05) is 0 Å². The molecule has 0 saturated heterocycles. The molecule has 1 saturated carbocycles. The van der Waals surface area contributed by atoms with Gasteiger partial charge in [0.15, 0.2) is 0 Å².